The van der Waals surface area contributed by atoms with E-state index in [4.69, 9.17) is 4.74 Å². The minimum Gasteiger partial charge on any atom is -0.490 e. The fourth-order valence-corrected chi connectivity index (χ4v) is 0.841. The van der Waals surface area contributed by atoms with E-state index in [-0.39, 0.29) is 0 Å². The van der Waals surface area contributed by atoms with E-state index in [0.717, 1.165) is 11.4 Å². The van der Waals surface area contributed by atoms with E-state index < -0.39 is 0 Å². The molecule has 0 saturated carbocycles. The normalized spacial score (nSPS) is 9.36. The maximum atomic E-state index is 4.78. The Kier molecular flexibility index (Phi) is 2.36. The molecule has 0 aliphatic rings. The van der Waals surface area contributed by atoms with Gasteiger partial charge in [0.1, 0.15) is 12.9 Å². The zero-order valence-electron chi connectivity index (χ0n) is 6.87. The summed E-state index contributed by atoms with van der Waals surface area (Å²) in [5, 5.41) is 0. The molecule has 0 atom stereocenters. The van der Waals surface area contributed by atoms with Gasteiger partial charge < -0.3 is 9.64 Å². The minimum atomic E-state index is 0.788. The van der Waals surface area contributed by atoms with Crippen LogP contribution >= 0.6 is 0 Å². The van der Waals surface area contributed by atoms with Crippen LogP contribution in [0.2, 0.25) is 0 Å². The van der Waals surface area contributed by atoms with Gasteiger partial charge in [-0.05, 0) is 24.3 Å². The van der Waals surface area contributed by atoms with Gasteiger partial charge in [-0.15, -0.1) is 0 Å². The van der Waals surface area contributed by atoms with Crippen molar-refractivity contribution in [2.75, 3.05) is 19.0 Å². The lowest BCUT2D eigenvalue weighted by molar-refractivity contribution is 0.473. The fourth-order valence-electron chi connectivity index (χ4n) is 0.841. The van der Waals surface area contributed by atoms with Gasteiger partial charge in [-0.25, -0.2) is 0 Å². The number of anilines is 1. The van der Waals surface area contributed by atoms with Crippen molar-refractivity contribution >= 4 is 5.69 Å². The highest BCUT2D eigenvalue weighted by atomic mass is 16.5. The van der Waals surface area contributed by atoms with Crippen molar-refractivity contribution in [2.24, 2.45) is 0 Å². The molecule has 0 aliphatic carbocycles. The van der Waals surface area contributed by atoms with E-state index in [1.54, 1.807) is 0 Å². The maximum absolute atomic E-state index is 4.78. The van der Waals surface area contributed by atoms with Gasteiger partial charge >= 0.3 is 0 Å². The average molecular weight is 150 g/mol. The zero-order valence-corrected chi connectivity index (χ0v) is 6.87. The molecule has 1 rings (SSSR count). The summed E-state index contributed by atoms with van der Waals surface area (Å²) >= 11 is 0. The van der Waals surface area contributed by atoms with Crippen LogP contribution < -0.4 is 9.64 Å². The molecule has 0 heterocycles. The number of hydrogen-bond donors (Lipinski definition) is 0. The Balaban J connectivity index is 2.83. The Morgan fingerprint density at radius 2 is 1.73 bits per heavy atom. The maximum Gasteiger partial charge on any atom is 0.122 e. The third-order valence-corrected chi connectivity index (χ3v) is 1.52. The molecule has 0 fully saturated rings. The molecular formula is C9H12NO. The SMILES string of the molecule is [CH2]Oc1ccc(N(C)C)cc1. The zero-order chi connectivity index (χ0) is 8.27. The van der Waals surface area contributed by atoms with Gasteiger partial charge in [-0.3, -0.25) is 0 Å². The molecule has 1 aromatic rings. The van der Waals surface area contributed by atoms with Crippen molar-refractivity contribution in [2.45, 2.75) is 0 Å². The fraction of sp³-hybridized carbons (Fsp3) is 0.222. The Morgan fingerprint density at radius 3 is 2.09 bits per heavy atom. The summed E-state index contributed by atoms with van der Waals surface area (Å²) in [4.78, 5) is 2.03. The van der Waals surface area contributed by atoms with E-state index in [1.165, 1.54) is 0 Å². The molecule has 0 spiro atoms. The van der Waals surface area contributed by atoms with Gasteiger partial charge in [-0.2, -0.15) is 0 Å². The molecule has 11 heavy (non-hydrogen) atoms. The predicted molar refractivity (Wildman–Crippen MR) is 46.8 cm³/mol. The van der Waals surface area contributed by atoms with Crippen LogP contribution in [0, 0.1) is 7.11 Å². The molecule has 0 aromatic heterocycles. The molecular weight excluding hydrogens is 138 g/mol. The van der Waals surface area contributed by atoms with Gasteiger partial charge in [-0.1, -0.05) is 0 Å². The van der Waals surface area contributed by atoms with Crippen molar-refractivity contribution in [3.63, 3.8) is 0 Å². The lowest BCUT2D eigenvalue weighted by Crippen LogP contribution is -2.07. The number of benzene rings is 1. The number of nitrogens with zero attached hydrogens (tertiary/aromatic N) is 1. The van der Waals surface area contributed by atoms with E-state index >= 15 is 0 Å². The Morgan fingerprint density at radius 1 is 1.18 bits per heavy atom. The summed E-state index contributed by atoms with van der Waals surface area (Å²) in [7, 11) is 7.32. The summed E-state index contributed by atoms with van der Waals surface area (Å²) in [6.45, 7) is 0. The average Bonchev–Trinajstić information content (AvgIpc) is 2.05. The molecule has 59 valence electrons. The lowest BCUT2D eigenvalue weighted by atomic mass is 10.3. The first kappa shape index (κ1) is 7.92. The highest BCUT2D eigenvalue weighted by molar-refractivity contribution is 5.47. The Hall–Kier alpha value is -1.18. The first-order valence-corrected chi connectivity index (χ1v) is 3.43. The van der Waals surface area contributed by atoms with E-state index in [1.807, 2.05) is 43.3 Å². The lowest BCUT2D eigenvalue weighted by Gasteiger charge is -2.11. The monoisotopic (exact) mass is 150 g/mol. The van der Waals surface area contributed by atoms with Crippen molar-refractivity contribution < 1.29 is 4.74 Å². The molecule has 0 saturated heterocycles. The molecule has 1 radical (unpaired) electrons. The largest absolute Gasteiger partial charge is 0.490 e. The van der Waals surface area contributed by atoms with Crippen LogP contribution in [0.15, 0.2) is 24.3 Å². The molecule has 2 nitrogen and oxygen atoms in total. The summed E-state index contributed by atoms with van der Waals surface area (Å²) in [5.41, 5.74) is 1.16. The molecule has 2 heteroatoms. The van der Waals surface area contributed by atoms with Crippen LogP contribution in [0.3, 0.4) is 0 Å². The van der Waals surface area contributed by atoms with E-state index in [9.17, 15) is 0 Å². The van der Waals surface area contributed by atoms with Crippen LogP contribution in [-0.2, 0) is 0 Å². The highest BCUT2D eigenvalue weighted by Gasteiger charge is 1.93. The molecule has 0 aliphatic heterocycles. The quantitative estimate of drug-likeness (QED) is 0.638. The van der Waals surface area contributed by atoms with Gasteiger partial charge in [0.2, 0.25) is 0 Å². The number of rotatable bonds is 2. The van der Waals surface area contributed by atoms with Crippen LogP contribution in [-0.4, -0.2) is 14.1 Å². The van der Waals surface area contributed by atoms with Crippen molar-refractivity contribution in [3.8, 4) is 5.75 Å². The van der Waals surface area contributed by atoms with Crippen LogP contribution in [0.4, 0.5) is 5.69 Å². The highest BCUT2D eigenvalue weighted by Crippen LogP contribution is 2.16. The Labute approximate surface area is 67.4 Å². The smallest absolute Gasteiger partial charge is 0.122 e. The number of ether oxygens (including phenoxy) is 1. The predicted octanol–water partition coefficient (Wildman–Crippen LogP) is 1.92. The van der Waals surface area contributed by atoms with Crippen LogP contribution in [0.1, 0.15) is 0 Å². The first-order chi connectivity index (χ1) is 5.24. The van der Waals surface area contributed by atoms with Crippen molar-refractivity contribution in [1.82, 2.24) is 0 Å². The van der Waals surface area contributed by atoms with Gasteiger partial charge in [0.15, 0.2) is 0 Å². The molecule has 0 N–H and O–H groups in total. The van der Waals surface area contributed by atoms with Crippen LogP contribution in [0.5, 0.6) is 5.75 Å². The van der Waals surface area contributed by atoms with Crippen LogP contribution in [0.25, 0.3) is 0 Å². The van der Waals surface area contributed by atoms with Crippen molar-refractivity contribution in [3.05, 3.63) is 31.4 Å². The van der Waals surface area contributed by atoms with Crippen molar-refractivity contribution in [1.29, 1.82) is 0 Å². The molecule has 0 bridgehead atoms. The van der Waals surface area contributed by atoms with E-state index in [2.05, 4.69) is 7.11 Å². The van der Waals surface area contributed by atoms with Gasteiger partial charge in [0.05, 0.1) is 0 Å². The second-order valence-corrected chi connectivity index (χ2v) is 2.53. The first-order valence-electron chi connectivity index (χ1n) is 3.43. The Bertz CT molecular complexity index is 216. The summed E-state index contributed by atoms with van der Waals surface area (Å²) in [6, 6.07) is 7.76. The molecule has 1 aromatic carbocycles. The summed E-state index contributed by atoms with van der Waals surface area (Å²) in [6.07, 6.45) is 0. The van der Waals surface area contributed by atoms with Gasteiger partial charge in [0, 0.05) is 19.8 Å². The second-order valence-electron chi connectivity index (χ2n) is 2.53. The second kappa shape index (κ2) is 3.28. The standard InChI is InChI=1S/C9H12NO/c1-10(2)8-4-6-9(11-3)7-5-8/h4-7H,3H2,1-2H3. The third-order valence-electron chi connectivity index (χ3n) is 1.52. The molecule has 0 amide bonds. The summed E-state index contributed by atoms with van der Waals surface area (Å²) in [5.74, 6) is 0.788. The topological polar surface area (TPSA) is 12.5 Å². The van der Waals surface area contributed by atoms with E-state index in [0.29, 0.717) is 0 Å². The van der Waals surface area contributed by atoms with Gasteiger partial charge in [0.25, 0.3) is 0 Å². The third kappa shape index (κ3) is 1.87. The summed E-state index contributed by atoms with van der Waals surface area (Å²) < 4.78 is 4.78. The minimum absolute atomic E-state index is 0.788. The number of hydrogen-bond acceptors (Lipinski definition) is 2. The molecule has 0 unspecified atom stereocenters.